The zero-order chi connectivity index (χ0) is 13.8. The van der Waals surface area contributed by atoms with Gasteiger partial charge in [-0.2, -0.15) is 0 Å². The van der Waals surface area contributed by atoms with Crippen LogP contribution in [0, 0.1) is 0 Å². The molecule has 0 saturated carbocycles. The zero-order valence-electron chi connectivity index (χ0n) is 10.3. The van der Waals surface area contributed by atoms with Crippen molar-refractivity contribution in [2.75, 3.05) is 12.8 Å². The van der Waals surface area contributed by atoms with E-state index in [1.807, 2.05) is 6.07 Å². The van der Waals surface area contributed by atoms with E-state index in [4.69, 9.17) is 38.4 Å². The number of hydrogen-bond donors (Lipinski definition) is 1. The normalized spacial score (nSPS) is 10.3. The van der Waals surface area contributed by atoms with Crippen LogP contribution in [0.2, 0.25) is 10.0 Å². The van der Waals surface area contributed by atoms with Crippen LogP contribution in [0.5, 0.6) is 11.5 Å². The van der Waals surface area contributed by atoms with E-state index in [2.05, 4.69) is 0 Å². The lowest BCUT2D eigenvalue weighted by molar-refractivity contribution is 0.297. The van der Waals surface area contributed by atoms with E-state index >= 15 is 0 Å². The molecular weight excluding hydrogens is 285 g/mol. The zero-order valence-corrected chi connectivity index (χ0v) is 11.8. The quantitative estimate of drug-likeness (QED) is 0.862. The third kappa shape index (κ3) is 3.46. The summed E-state index contributed by atoms with van der Waals surface area (Å²) in [5.74, 6) is 1.21. The van der Waals surface area contributed by atoms with Gasteiger partial charge in [-0.05, 0) is 24.3 Å². The van der Waals surface area contributed by atoms with Gasteiger partial charge in [-0.15, -0.1) is 0 Å². The van der Waals surface area contributed by atoms with Crippen molar-refractivity contribution in [2.24, 2.45) is 0 Å². The molecule has 3 nitrogen and oxygen atoms in total. The number of nitrogen functional groups attached to an aromatic ring is 1. The molecule has 0 bridgehead atoms. The van der Waals surface area contributed by atoms with Crippen LogP contribution in [-0.4, -0.2) is 7.11 Å². The van der Waals surface area contributed by atoms with Crippen LogP contribution in [0.4, 0.5) is 5.69 Å². The van der Waals surface area contributed by atoms with E-state index in [1.54, 1.807) is 37.4 Å². The minimum atomic E-state index is 0.323. The number of rotatable bonds is 4. The Kier molecular flexibility index (Phi) is 4.40. The van der Waals surface area contributed by atoms with E-state index in [1.165, 1.54) is 0 Å². The average molecular weight is 298 g/mol. The van der Waals surface area contributed by atoms with Crippen molar-refractivity contribution in [3.05, 3.63) is 52.0 Å². The van der Waals surface area contributed by atoms with Gasteiger partial charge in [-0.1, -0.05) is 23.2 Å². The van der Waals surface area contributed by atoms with Crippen molar-refractivity contribution < 1.29 is 9.47 Å². The molecule has 0 heterocycles. The molecule has 0 spiro atoms. The fourth-order valence-electron chi connectivity index (χ4n) is 1.62. The highest BCUT2D eigenvalue weighted by Crippen LogP contribution is 2.29. The Morgan fingerprint density at radius 2 is 1.84 bits per heavy atom. The monoisotopic (exact) mass is 297 g/mol. The molecular formula is C14H13Cl2NO2. The molecule has 0 aliphatic heterocycles. The van der Waals surface area contributed by atoms with Crippen molar-refractivity contribution in [2.45, 2.75) is 6.61 Å². The molecule has 0 saturated heterocycles. The molecule has 0 aromatic heterocycles. The van der Waals surface area contributed by atoms with Gasteiger partial charge in [-0.3, -0.25) is 0 Å². The third-order valence-electron chi connectivity index (χ3n) is 2.59. The predicted octanol–water partition coefficient (Wildman–Crippen LogP) is 4.16. The van der Waals surface area contributed by atoms with Crippen LogP contribution >= 0.6 is 23.2 Å². The lowest BCUT2D eigenvalue weighted by atomic mass is 10.2. The molecule has 5 heteroatoms. The Labute approximate surface area is 121 Å². The van der Waals surface area contributed by atoms with Crippen LogP contribution < -0.4 is 15.2 Å². The summed E-state index contributed by atoms with van der Waals surface area (Å²) in [5, 5.41) is 1.09. The fraction of sp³-hybridized carbons (Fsp3) is 0.143. The molecule has 19 heavy (non-hydrogen) atoms. The highest BCUT2D eigenvalue weighted by Gasteiger charge is 2.07. The molecule has 2 N–H and O–H groups in total. The average Bonchev–Trinajstić information content (AvgIpc) is 2.40. The number of anilines is 1. The molecule has 2 aromatic rings. The molecule has 0 unspecified atom stereocenters. The van der Waals surface area contributed by atoms with Crippen LogP contribution in [0.25, 0.3) is 0 Å². The van der Waals surface area contributed by atoms with Gasteiger partial charge in [0.1, 0.15) is 18.1 Å². The minimum absolute atomic E-state index is 0.323. The maximum absolute atomic E-state index is 6.03. The summed E-state index contributed by atoms with van der Waals surface area (Å²) in [6.07, 6.45) is 0. The second-order valence-corrected chi connectivity index (χ2v) is 4.78. The first-order valence-electron chi connectivity index (χ1n) is 5.60. The van der Waals surface area contributed by atoms with E-state index in [-0.39, 0.29) is 0 Å². The lowest BCUT2D eigenvalue weighted by Gasteiger charge is -2.12. The van der Waals surface area contributed by atoms with Crippen molar-refractivity contribution in [3.8, 4) is 11.5 Å². The fourth-order valence-corrected chi connectivity index (χ4v) is 1.96. The van der Waals surface area contributed by atoms with Crippen LogP contribution in [0.1, 0.15) is 5.56 Å². The van der Waals surface area contributed by atoms with Crippen molar-refractivity contribution >= 4 is 28.9 Å². The predicted molar refractivity (Wildman–Crippen MR) is 78.2 cm³/mol. The van der Waals surface area contributed by atoms with Crippen molar-refractivity contribution in [1.29, 1.82) is 0 Å². The van der Waals surface area contributed by atoms with Crippen LogP contribution in [-0.2, 0) is 6.61 Å². The van der Waals surface area contributed by atoms with Gasteiger partial charge in [-0.25, -0.2) is 0 Å². The Morgan fingerprint density at radius 1 is 1.05 bits per heavy atom. The second kappa shape index (κ2) is 6.04. The topological polar surface area (TPSA) is 44.5 Å². The Hall–Kier alpha value is -1.58. The summed E-state index contributed by atoms with van der Waals surface area (Å²) in [6, 6.07) is 10.5. The number of nitrogens with two attached hydrogens (primary N) is 1. The van der Waals surface area contributed by atoms with Gasteiger partial charge in [0.25, 0.3) is 0 Å². The summed E-state index contributed by atoms with van der Waals surface area (Å²) in [5.41, 5.74) is 7.22. The van der Waals surface area contributed by atoms with Crippen LogP contribution in [0.15, 0.2) is 36.4 Å². The molecule has 100 valence electrons. The molecule has 0 fully saturated rings. The maximum atomic E-state index is 6.03. The number of ether oxygens (including phenoxy) is 2. The molecule has 0 amide bonds. The molecule has 0 atom stereocenters. The number of halogens is 2. The summed E-state index contributed by atoms with van der Waals surface area (Å²) < 4.78 is 10.9. The number of methoxy groups -OCH3 is 1. The van der Waals surface area contributed by atoms with E-state index in [0.29, 0.717) is 33.8 Å². The maximum Gasteiger partial charge on any atom is 0.139 e. The highest BCUT2D eigenvalue weighted by molar-refractivity contribution is 6.34. The Bertz CT molecular complexity index is 588. The lowest BCUT2D eigenvalue weighted by Crippen LogP contribution is -2.00. The van der Waals surface area contributed by atoms with Gasteiger partial charge in [0.05, 0.1) is 12.1 Å². The highest BCUT2D eigenvalue weighted by atomic mass is 35.5. The standard InChI is InChI=1S/C14H13Cl2NO2/c1-18-13-7-11(17)4-2-9(13)8-19-14-6-10(15)3-5-12(14)16/h2-7H,8,17H2,1H3. The van der Waals surface area contributed by atoms with Gasteiger partial charge >= 0.3 is 0 Å². The number of benzene rings is 2. The van der Waals surface area contributed by atoms with Crippen molar-refractivity contribution in [3.63, 3.8) is 0 Å². The second-order valence-electron chi connectivity index (χ2n) is 3.93. The first kappa shape index (κ1) is 13.8. The summed E-state index contributed by atoms with van der Waals surface area (Å²) >= 11 is 11.9. The van der Waals surface area contributed by atoms with E-state index in [0.717, 1.165) is 5.56 Å². The molecule has 0 aliphatic rings. The minimum Gasteiger partial charge on any atom is -0.496 e. The third-order valence-corrected chi connectivity index (χ3v) is 3.13. The van der Waals surface area contributed by atoms with E-state index in [9.17, 15) is 0 Å². The molecule has 0 aliphatic carbocycles. The van der Waals surface area contributed by atoms with Crippen molar-refractivity contribution in [1.82, 2.24) is 0 Å². The molecule has 2 rings (SSSR count). The Morgan fingerprint density at radius 3 is 2.58 bits per heavy atom. The molecule has 0 radical (unpaired) electrons. The first-order chi connectivity index (χ1) is 9.10. The van der Waals surface area contributed by atoms with Gasteiger partial charge < -0.3 is 15.2 Å². The van der Waals surface area contributed by atoms with Crippen LogP contribution in [0.3, 0.4) is 0 Å². The summed E-state index contributed by atoms with van der Waals surface area (Å²) in [4.78, 5) is 0. The SMILES string of the molecule is COc1cc(N)ccc1COc1cc(Cl)ccc1Cl. The van der Waals surface area contributed by atoms with Gasteiger partial charge in [0.2, 0.25) is 0 Å². The Balaban J connectivity index is 2.16. The molecule has 2 aromatic carbocycles. The first-order valence-corrected chi connectivity index (χ1v) is 6.36. The summed E-state index contributed by atoms with van der Waals surface area (Å²) in [7, 11) is 1.59. The summed E-state index contributed by atoms with van der Waals surface area (Å²) in [6.45, 7) is 0.323. The van der Waals surface area contributed by atoms with Gasteiger partial charge in [0, 0.05) is 28.4 Å². The largest absolute Gasteiger partial charge is 0.496 e. The number of hydrogen-bond acceptors (Lipinski definition) is 3. The van der Waals surface area contributed by atoms with E-state index < -0.39 is 0 Å². The van der Waals surface area contributed by atoms with Gasteiger partial charge in [0.15, 0.2) is 0 Å². The smallest absolute Gasteiger partial charge is 0.139 e.